The first-order valence-electron chi connectivity index (χ1n) is 4.43. The molecule has 0 atom stereocenters. The van der Waals surface area contributed by atoms with Gasteiger partial charge < -0.3 is 10.1 Å². The molecule has 14 heavy (non-hydrogen) atoms. The summed E-state index contributed by atoms with van der Waals surface area (Å²) < 4.78 is 0. The number of aryl methyl sites for hydroxylation is 1. The fourth-order valence-electron chi connectivity index (χ4n) is 1.58. The molecule has 0 bridgehead atoms. The molecule has 0 radical (unpaired) electrons. The molecule has 2 heterocycles. The maximum Gasteiger partial charge on any atom is 0.338 e. The lowest BCUT2D eigenvalue weighted by Crippen LogP contribution is -1.99. The summed E-state index contributed by atoms with van der Waals surface area (Å²) in [6.07, 6.45) is 2.31. The second-order valence-electron chi connectivity index (χ2n) is 3.04. The van der Waals surface area contributed by atoms with Crippen LogP contribution in [0.4, 0.5) is 0 Å². The lowest BCUT2D eigenvalue weighted by atomic mass is 10.1. The van der Waals surface area contributed by atoms with E-state index in [1.165, 1.54) is 0 Å². The highest BCUT2D eigenvalue weighted by molar-refractivity contribution is 6.03. The third-order valence-electron chi connectivity index (χ3n) is 2.22. The van der Waals surface area contributed by atoms with Gasteiger partial charge in [-0.2, -0.15) is 0 Å². The zero-order valence-corrected chi connectivity index (χ0v) is 7.74. The van der Waals surface area contributed by atoms with E-state index in [1.54, 1.807) is 18.3 Å². The molecule has 2 rings (SSSR count). The van der Waals surface area contributed by atoms with Crippen molar-refractivity contribution in [3.8, 4) is 0 Å². The first-order chi connectivity index (χ1) is 6.74. The van der Waals surface area contributed by atoms with E-state index < -0.39 is 5.97 Å². The van der Waals surface area contributed by atoms with Gasteiger partial charge in [-0.1, -0.05) is 6.92 Å². The van der Waals surface area contributed by atoms with Gasteiger partial charge in [0.2, 0.25) is 0 Å². The molecule has 4 nitrogen and oxygen atoms in total. The Labute approximate surface area is 80.6 Å². The van der Waals surface area contributed by atoms with E-state index in [1.807, 2.05) is 6.92 Å². The first-order valence-corrected chi connectivity index (χ1v) is 4.43. The average molecular weight is 190 g/mol. The summed E-state index contributed by atoms with van der Waals surface area (Å²) in [7, 11) is 0. The number of aromatic carboxylic acids is 1. The number of carboxylic acids is 1. The Hall–Kier alpha value is -1.84. The van der Waals surface area contributed by atoms with Crippen LogP contribution in [0.1, 0.15) is 23.0 Å². The van der Waals surface area contributed by atoms with Crippen molar-refractivity contribution in [2.45, 2.75) is 13.3 Å². The number of aromatic amines is 1. The lowest BCUT2D eigenvalue weighted by Gasteiger charge is -1.94. The highest BCUT2D eigenvalue weighted by Gasteiger charge is 2.16. The molecule has 2 aromatic rings. The van der Waals surface area contributed by atoms with E-state index in [0.717, 1.165) is 5.69 Å². The van der Waals surface area contributed by atoms with Crippen molar-refractivity contribution in [1.29, 1.82) is 0 Å². The van der Waals surface area contributed by atoms with E-state index >= 15 is 0 Å². The summed E-state index contributed by atoms with van der Waals surface area (Å²) in [5.74, 6) is -0.902. The first kappa shape index (κ1) is 8.74. The smallest absolute Gasteiger partial charge is 0.338 e. The molecule has 0 amide bonds. The molecular weight excluding hydrogens is 180 g/mol. The summed E-state index contributed by atoms with van der Waals surface area (Å²) in [6, 6.07) is 3.50. The van der Waals surface area contributed by atoms with Crippen LogP contribution >= 0.6 is 0 Å². The maximum atomic E-state index is 11.0. The van der Waals surface area contributed by atoms with Crippen LogP contribution in [0.25, 0.3) is 11.0 Å². The zero-order valence-electron chi connectivity index (χ0n) is 7.74. The van der Waals surface area contributed by atoms with Gasteiger partial charge in [0, 0.05) is 17.3 Å². The summed E-state index contributed by atoms with van der Waals surface area (Å²) in [5.41, 5.74) is 1.71. The van der Waals surface area contributed by atoms with Crippen molar-refractivity contribution in [1.82, 2.24) is 9.97 Å². The standard InChI is InChI=1S/C10H10N2O2/c1-2-7-8(10(13)14)6-4-3-5-11-9(6)12-7/h3-5H,2H2,1H3,(H,11,12)(H,13,14). The number of carbonyl (C=O) groups is 1. The molecule has 2 aromatic heterocycles. The Balaban J connectivity index is 2.81. The normalized spacial score (nSPS) is 10.6. The lowest BCUT2D eigenvalue weighted by molar-refractivity contribution is 0.0698. The van der Waals surface area contributed by atoms with Gasteiger partial charge in [-0.3, -0.25) is 0 Å². The molecule has 0 saturated carbocycles. The van der Waals surface area contributed by atoms with Crippen LogP contribution in [0.3, 0.4) is 0 Å². The van der Waals surface area contributed by atoms with Crippen LogP contribution in [-0.2, 0) is 6.42 Å². The third-order valence-corrected chi connectivity index (χ3v) is 2.22. The molecule has 0 saturated heterocycles. The summed E-state index contributed by atoms with van der Waals surface area (Å²) in [5, 5.41) is 9.71. The van der Waals surface area contributed by atoms with Crippen LogP contribution in [0, 0.1) is 0 Å². The maximum absolute atomic E-state index is 11.0. The second-order valence-corrected chi connectivity index (χ2v) is 3.04. The Bertz CT molecular complexity index is 488. The van der Waals surface area contributed by atoms with Crippen LogP contribution in [0.2, 0.25) is 0 Å². The van der Waals surface area contributed by atoms with Gasteiger partial charge in [-0.25, -0.2) is 9.78 Å². The van der Waals surface area contributed by atoms with Crippen molar-refractivity contribution < 1.29 is 9.90 Å². The Morgan fingerprint density at radius 2 is 2.43 bits per heavy atom. The van der Waals surface area contributed by atoms with Gasteiger partial charge in [0.15, 0.2) is 0 Å². The number of pyridine rings is 1. The minimum atomic E-state index is -0.902. The molecule has 0 spiro atoms. The molecular formula is C10H10N2O2. The van der Waals surface area contributed by atoms with Gasteiger partial charge >= 0.3 is 5.97 Å². The van der Waals surface area contributed by atoms with E-state index in [2.05, 4.69) is 9.97 Å². The van der Waals surface area contributed by atoms with Gasteiger partial charge in [0.05, 0.1) is 5.56 Å². The van der Waals surface area contributed by atoms with Crippen LogP contribution < -0.4 is 0 Å². The number of nitrogens with one attached hydrogen (secondary N) is 1. The number of fused-ring (bicyclic) bond motifs is 1. The molecule has 0 aliphatic heterocycles. The monoisotopic (exact) mass is 190 g/mol. The Morgan fingerprint density at radius 1 is 1.64 bits per heavy atom. The van der Waals surface area contributed by atoms with E-state index in [-0.39, 0.29) is 0 Å². The number of hydrogen-bond donors (Lipinski definition) is 2. The Kier molecular flexibility index (Phi) is 1.96. The predicted molar refractivity (Wildman–Crippen MR) is 52.4 cm³/mol. The molecule has 0 fully saturated rings. The Morgan fingerprint density at radius 3 is 3.07 bits per heavy atom. The summed E-state index contributed by atoms with van der Waals surface area (Å²) in [6.45, 7) is 1.91. The van der Waals surface area contributed by atoms with Gasteiger partial charge in [0.1, 0.15) is 5.65 Å². The molecule has 0 aliphatic carbocycles. The highest BCUT2D eigenvalue weighted by atomic mass is 16.4. The van der Waals surface area contributed by atoms with Crippen molar-refractivity contribution in [3.05, 3.63) is 29.6 Å². The number of rotatable bonds is 2. The molecule has 0 aliphatic rings. The number of hydrogen-bond acceptors (Lipinski definition) is 2. The molecule has 0 aromatic carbocycles. The molecule has 72 valence electrons. The van der Waals surface area contributed by atoms with Gasteiger partial charge in [-0.05, 0) is 18.6 Å². The topological polar surface area (TPSA) is 66.0 Å². The number of carboxylic acid groups (broad SMARTS) is 1. The minimum absolute atomic E-state index is 0.343. The third kappa shape index (κ3) is 1.16. The van der Waals surface area contributed by atoms with Crippen LogP contribution in [0.5, 0.6) is 0 Å². The fourth-order valence-corrected chi connectivity index (χ4v) is 1.58. The molecule has 0 unspecified atom stereocenters. The van der Waals surface area contributed by atoms with Crippen molar-refractivity contribution in [3.63, 3.8) is 0 Å². The highest BCUT2D eigenvalue weighted by Crippen LogP contribution is 2.20. The van der Waals surface area contributed by atoms with Gasteiger partial charge in [-0.15, -0.1) is 0 Å². The SMILES string of the molecule is CCc1[nH]c2ncccc2c1C(=O)O. The van der Waals surface area contributed by atoms with E-state index in [0.29, 0.717) is 23.0 Å². The minimum Gasteiger partial charge on any atom is -0.478 e. The quantitative estimate of drug-likeness (QED) is 0.759. The van der Waals surface area contributed by atoms with Crippen molar-refractivity contribution >= 4 is 17.0 Å². The fraction of sp³-hybridized carbons (Fsp3) is 0.200. The largest absolute Gasteiger partial charge is 0.478 e. The van der Waals surface area contributed by atoms with Crippen molar-refractivity contribution in [2.75, 3.05) is 0 Å². The zero-order chi connectivity index (χ0) is 10.1. The predicted octanol–water partition coefficient (Wildman–Crippen LogP) is 1.82. The average Bonchev–Trinajstić information content (AvgIpc) is 2.55. The van der Waals surface area contributed by atoms with E-state index in [4.69, 9.17) is 5.11 Å². The van der Waals surface area contributed by atoms with E-state index in [9.17, 15) is 4.79 Å². The van der Waals surface area contributed by atoms with Crippen LogP contribution in [0.15, 0.2) is 18.3 Å². The molecule has 2 N–H and O–H groups in total. The van der Waals surface area contributed by atoms with Gasteiger partial charge in [0.25, 0.3) is 0 Å². The molecule has 4 heteroatoms. The number of H-pyrrole nitrogens is 1. The summed E-state index contributed by atoms with van der Waals surface area (Å²) >= 11 is 0. The second kappa shape index (κ2) is 3.14. The summed E-state index contributed by atoms with van der Waals surface area (Å²) in [4.78, 5) is 18.1. The van der Waals surface area contributed by atoms with Crippen molar-refractivity contribution in [2.24, 2.45) is 0 Å². The number of aromatic nitrogens is 2. The number of nitrogens with zero attached hydrogens (tertiary/aromatic N) is 1. The van der Waals surface area contributed by atoms with Crippen LogP contribution in [-0.4, -0.2) is 21.0 Å².